The normalized spacial score (nSPS) is 9.69. The van der Waals surface area contributed by atoms with E-state index >= 15 is 0 Å². The van der Waals surface area contributed by atoms with Crippen molar-refractivity contribution in [1.82, 2.24) is 4.90 Å². The highest BCUT2D eigenvalue weighted by atomic mass is 16.3. The third kappa shape index (κ3) is 11.9. The van der Waals surface area contributed by atoms with Gasteiger partial charge < -0.3 is 10.0 Å². The van der Waals surface area contributed by atoms with E-state index in [-0.39, 0.29) is 0 Å². The molecule has 0 heterocycles. The Morgan fingerprint density at radius 1 is 0.923 bits per heavy atom. The molecule has 0 radical (unpaired) electrons. The van der Waals surface area contributed by atoms with Crippen molar-refractivity contribution in [1.29, 1.82) is 0 Å². The number of aliphatic hydroxyl groups excluding tert-OH is 1. The van der Waals surface area contributed by atoms with Crippen LogP contribution in [-0.2, 0) is 0 Å². The van der Waals surface area contributed by atoms with E-state index in [2.05, 4.69) is 18.7 Å². The first-order chi connectivity index (χ1) is 6.35. The fraction of sp³-hybridized carbons (Fsp3) is 1.00. The van der Waals surface area contributed by atoms with Gasteiger partial charge in [-0.1, -0.05) is 34.1 Å². The first kappa shape index (κ1) is 15.4. The molecule has 0 saturated heterocycles. The smallest absolute Gasteiger partial charge is 0.0558 e. The second kappa shape index (κ2) is 14.4. The van der Waals surface area contributed by atoms with Gasteiger partial charge in [-0.05, 0) is 25.9 Å². The van der Waals surface area contributed by atoms with Crippen LogP contribution < -0.4 is 0 Å². The Hall–Kier alpha value is -0.0800. The van der Waals surface area contributed by atoms with Crippen LogP contribution in [0.15, 0.2) is 0 Å². The van der Waals surface area contributed by atoms with Gasteiger partial charge in [-0.3, -0.25) is 0 Å². The van der Waals surface area contributed by atoms with Gasteiger partial charge in [0.05, 0.1) is 6.61 Å². The van der Waals surface area contributed by atoms with E-state index in [1.54, 1.807) is 0 Å². The number of aliphatic hydroxyl groups is 1. The molecule has 0 aromatic heterocycles. The largest absolute Gasteiger partial charge is 0.395 e. The minimum absolute atomic E-state index is 0.295. The van der Waals surface area contributed by atoms with Crippen LogP contribution in [0.25, 0.3) is 0 Å². The van der Waals surface area contributed by atoms with Crippen molar-refractivity contribution in [2.24, 2.45) is 0 Å². The first-order valence-electron chi connectivity index (χ1n) is 5.68. The lowest BCUT2D eigenvalue weighted by Gasteiger charge is -2.19. The summed E-state index contributed by atoms with van der Waals surface area (Å²) in [6, 6.07) is 0. The quantitative estimate of drug-likeness (QED) is 0.665. The van der Waals surface area contributed by atoms with Gasteiger partial charge in [0.1, 0.15) is 0 Å². The molecule has 0 atom stereocenters. The molecule has 1 N–H and O–H groups in total. The molecule has 2 heteroatoms. The van der Waals surface area contributed by atoms with Gasteiger partial charge in [0.25, 0.3) is 0 Å². The summed E-state index contributed by atoms with van der Waals surface area (Å²) in [6.45, 7) is 11.8. The van der Waals surface area contributed by atoms with Gasteiger partial charge in [-0.2, -0.15) is 0 Å². The molecule has 0 bridgehead atoms. The van der Waals surface area contributed by atoms with Crippen LogP contribution in [0, 0.1) is 0 Å². The molecule has 0 aromatic carbocycles. The van der Waals surface area contributed by atoms with Gasteiger partial charge >= 0.3 is 0 Å². The molecule has 0 spiro atoms. The van der Waals surface area contributed by atoms with E-state index in [1.807, 2.05) is 13.8 Å². The zero-order valence-electron chi connectivity index (χ0n) is 9.84. The second-order valence-electron chi connectivity index (χ2n) is 2.92. The van der Waals surface area contributed by atoms with Gasteiger partial charge in [0, 0.05) is 6.54 Å². The Balaban J connectivity index is 0. The van der Waals surface area contributed by atoms with E-state index in [0.29, 0.717) is 6.61 Å². The Bertz CT molecular complexity index is 70.5. The van der Waals surface area contributed by atoms with Crippen molar-refractivity contribution in [2.75, 3.05) is 26.2 Å². The molecule has 0 aliphatic heterocycles. The summed E-state index contributed by atoms with van der Waals surface area (Å²) in [6.07, 6.45) is 3.68. The zero-order chi connectivity index (χ0) is 10.5. The van der Waals surface area contributed by atoms with E-state index in [0.717, 1.165) is 19.6 Å². The summed E-state index contributed by atoms with van der Waals surface area (Å²) in [5.41, 5.74) is 0. The van der Waals surface area contributed by atoms with Crippen LogP contribution in [0.5, 0.6) is 0 Å². The first-order valence-corrected chi connectivity index (χ1v) is 5.68. The predicted molar refractivity (Wildman–Crippen MR) is 60.1 cm³/mol. The van der Waals surface area contributed by atoms with Gasteiger partial charge in [0.15, 0.2) is 0 Å². The Morgan fingerprint density at radius 2 is 1.54 bits per heavy atom. The molecular weight excluding hydrogens is 162 g/mol. The molecule has 0 saturated carbocycles. The Kier molecular flexibility index (Phi) is 17.1. The lowest BCUT2D eigenvalue weighted by Crippen LogP contribution is -2.28. The maximum absolute atomic E-state index is 8.72. The number of hydrogen-bond acceptors (Lipinski definition) is 2. The van der Waals surface area contributed by atoms with Gasteiger partial charge in [-0.15, -0.1) is 0 Å². The van der Waals surface area contributed by atoms with Crippen molar-refractivity contribution in [3.05, 3.63) is 0 Å². The van der Waals surface area contributed by atoms with Crippen LogP contribution in [-0.4, -0.2) is 36.2 Å². The Morgan fingerprint density at radius 3 is 1.92 bits per heavy atom. The van der Waals surface area contributed by atoms with Crippen LogP contribution in [0.2, 0.25) is 0 Å². The molecule has 0 unspecified atom stereocenters. The van der Waals surface area contributed by atoms with Crippen molar-refractivity contribution in [3.63, 3.8) is 0 Å². The number of nitrogens with zero attached hydrogens (tertiary/aromatic N) is 1. The molecule has 0 fully saturated rings. The number of rotatable bonds is 7. The molecule has 0 amide bonds. The average molecular weight is 189 g/mol. The zero-order valence-corrected chi connectivity index (χ0v) is 9.84. The highest BCUT2D eigenvalue weighted by Gasteiger charge is 2.00. The highest BCUT2D eigenvalue weighted by Crippen LogP contribution is 1.95. The summed E-state index contributed by atoms with van der Waals surface area (Å²) in [5.74, 6) is 0. The van der Waals surface area contributed by atoms with Gasteiger partial charge in [0.2, 0.25) is 0 Å². The molecule has 0 aliphatic carbocycles. The van der Waals surface area contributed by atoms with E-state index < -0.39 is 0 Å². The number of unbranched alkanes of at least 4 members (excludes halogenated alkanes) is 1. The highest BCUT2D eigenvalue weighted by molar-refractivity contribution is 4.55. The second-order valence-corrected chi connectivity index (χ2v) is 2.92. The summed E-state index contributed by atoms with van der Waals surface area (Å²) in [7, 11) is 0. The fourth-order valence-electron chi connectivity index (χ4n) is 1.17. The lowest BCUT2D eigenvalue weighted by molar-refractivity contribution is 0.194. The molecule has 13 heavy (non-hydrogen) atoms. The van der Waals surface area contributed by atoms with E-state index in [9.17, 15) is 0 Å². The molecule has 2 nitrogen and oxygen atoms in total. The maximum Gasteiger partial charge on any atom is 0.0558 e. The Labute approximate surface area is 83.9 Å². The third-order valence-electron chi connectivity index (χ3n) is 1.78. The summed E-state index contributed by atoms with van der Waals surface area (Å²) in [5, 5.41) is 8.72. The fourth-order valence-corrected chi connectivity index (χ4v) is 1.17. The summed E-state index contributed by atoms with van der Waals surface area (Å²) in [4.78, 5) is 2.32. The standard InChI is InChI=1S/C9H21NO.C2H6/c1-3-5-7-10(6-4-2)8-9-11;1-2/h11H,3-9H2,1-2H3;1-2H3. The summed E-state index contributed by atoms with van der Waals surface area (Å²) >= 11 is 0. The van der Waals surface area contributed by atoms with Crippen molar-refractivity contribution >= 4 is 0 Å². The lowest BCUT2D eigenvalue weighted by atomic mass is 10.3. The van der Waals surface area contributed by atoms with Crippen LogP contribution in [0.1, 0.15) is 47.0 Å². The molecule has 0 rings (SSSR count). The minimum Gasteiger partial charge on any atom is -0.395 e. The average Bonchev–Trinajstić information content (AvgIpc) is 2.18. The van der Waals surface area contributed by atoms with Crippen molar-refractivity contribution < 1.29 is 5.11 Å². The van der Waals surface area contributed by atoms with Crippen LogP contribution in [0.3, 0.4) is 0 Å². The monoisotopic (exact) mass is 189 g/mol. The third-order valence-corrected chi connectivity index (χ3v) is 1.78. The van der Waals surface area contributed by atoms with E-state index in [1.165, 1.54) is 19.3 Å². The summed E-state index contributed by atoms with van der Waals surface area (Å²) < 4.78 is 0. The van der Waals surface area contributed by atoms with Crippen LogP contribution in [0.4, 0.5) is 0 Å². The number of hydrogen-bond donors (Lipinski definition) is 1. The van der Waals surface area contributed by atoms with Crippen LogP contribution >= 0.6 is 0 Å². The maximum atomic E-state index is 8.72. The minimum atomic E-state index is 0.295. The topological polar surface area (TPSA) is 23.5 Å². The van der Waals surface area contributed by atoms with Gasteiger partial charge in [-0.25, -0.2) is 0 Å². The van der Waals surface area contributed by atoms with Crippen molar-refractivity contribution in [3.8, 4) is 0 Å². The van der Waals surface area contributed by atoms with E-state index in [4.69, 9.17) is 5.11 Å². The predicted octanol–water partition coefficient (Wildman–Crippen LogP) is 2.52. The molecule has 82 valence electrons. The molecule has 0 aromatic rings. The van der Waals surface area contributed by atoms with Crippen molar-refractivity contribution in [2.45, 2.75) is 47.0 Å². The molecule has 0 aliphatic rings. The SMILES string of the molecule is CC.CCCCN(CCC)CCO. The molecular formula is C11H27NO.